The van der Waals surface area contributed by atoms with Gasteiger partial charge in [-0.3, -0.25) is 0 Å². The van der Waals surface area contributed by atoms with Crippen molar-refractivity contribution in [2.75, 3.05) is 18.4 Å². The van der Waals surface area contributed by atoms with Gasteiger partial charge >= 0.3 is 6.09 Å². The van der Waals surface area contributed by atoms with Crippen LogP contribution in [0.1, 0.15) is 39.2 Å². The Morgan fingerprint density at radius 2 is 1.85 bits per heavy atom. The number of anilines is 2. The molecule has 10 nitrogen and oxygen atoms in total. The Hall–Kier alpha value is -4.07. The van der Waals surface area contributed by atoms with E-state index in [4.69, 9.17) is 14.7 Å². The first-order chi connectivity index (χ1) is 16.2. The molecule has 0 radical (unpaired) electrons. The number of ether oxygens (including phenoxy) is 2. The zero-order valence-electron chi connectivity index (χ0n) is 19.1. The van der Waals surface area contributed by atoms with Crippen molar-refractivity contribution >= 4 is 28.6 Å². The number of halogens is 1. The van der Waals surface area contributed by atoms with Crippen molar-refractivity contribution in [1.29, 1.82) is 5.26 Å². The molecule has 0 aliphatic carbocycles. The first kappa shape index (κ1) is 23.1. The number of carbonyl (C=O) groups excluding carboxylic acids is 1. The van der Waals surface area contributed by atoms with Crippen molar-refractivity contribution in [3.8, 4) is 11.9 Å². The average molecular weight is 465 g/mol. The molecular formula is C23H24FN7O3. The lowest BCUT2D eigenvalue weighted by Gasteiger charge is -2.33. The van der Waals surface area contributed by atoms with E-state index >= 15 is 0 Å². The summed E-state index contributed by atoms with van der Waals surface area (Å²) in [7, 11) is 0. The molecule has 0 spiro atoms. The molecule has 0 unspecified atom stereocenters. The summed E-state index contributed by atoms with van der Waals surface area (Å²) in [4.78, 5) is 30.8. The van der Waals surface area contributed by atoms with Crippen LogP contribution in [0.25, 0.3) is 11.0 Å². The third-order valence-corrected chi connectivity index (χ3v) is 5.11. The number of nitrogens with one attached hydrogen (secondary N) is 1. The fourth-order valence-electron chi connectivity index (χ4n) is 3.49. The number of piperidine rings is 1. The standard InChI is InChI=1S/C23H24FN7O3/c1-23(2,3)34-22(32)31-8-6-15(7-9-31)33-21-19-18(26-13-29-21)20(28-12-27-19)30-17-5-4-14(11-25)10-16(17)24/h4-5,10,12-13,15H,6-9H2,1-3H3,(H,27,28,30). The van der Waals surface area contributed by atoms with Gasteiger partial charge in [-0.05, 0) is 39.0 Å². The smallest absolute Gasteiger partial charge is 0.410 e. The Morgan fingerprint density at radius 1 is 1.15 bits per heavy atom. The lowest BCUT2D eigenvalue weighted by molar-refractivity contribution is 0.0124. The molecule has 1 amide bonds. The summed E-state index contributed by atoms with van der Waals surface area (Å²) in [5.41, 5.74) is 0.558. The van der Waals surface area contributed by atoms with Gasteiger partial charge in [0.2, 0.25) is 5.88 Å². The summed E-state index contributed by atoms with van der Waals surface area (Å²) >= 11 is 0. The van der Waals surface area contributed by atoms with Gasteiger partial charge in [-0.1, -0.05) is 0 Å². The van der Waals surface area contributed by atoms with E-state index in [0.717, 1.165) is 6.07 Å². The lowest BCUT2D eigenvalue weighted by Crippen LogP contribution is -2.44. The molecule has 34 heavy (non-hydrogen) atoms. The molecule has 176 valence electrons. The summed E-state index contributed by atoms with van der Waals surface area (Å²) in [6.07, 6.45) is 3.36. The zero-order valence-corrected chi connectivity index (χ0v) is 19.1. The second kappa shape index (κ2) is 9.43. The molecule has 11 heteroatoms. The van der Waals surface area contributed by atoms with Crippen LogP contribution in [0.15, 0.2) is 30.9 Å². The van der Waals surface area contributed by atoms with Gasteiger partial charge in [0.1, 0.15) is 35.7 Å². The molecule has 4 rings (SSSR count). The number of nitrogens with zero attached hydrogens (tertiary/aromatic N) is 6. The van der Waals surface area contributed by atoms with Crippen LogP contribution in [-0.2, 0) is 4.74 Å². The number of hydrogen-bond acceptors (Lipinski definition) is 9. The molecule has 2 aromatic heterocycles. The minimum Gasteiger partial charge on any atom is -0.473 e. The maximum absolute atomic E-state index is 14.3. The number of amides is 1. The highest BCUT2D eigenvalue weighted by atomic mass is 19.1. The highest BCUT2D eigenvalue weighted by molar-refractivity contribution is 5.89. The van der Waals surface area contributed by atoms with Gasteiger partial charge < -0.3 is 19.7 Å². The predicted octanol–water partition coefficient (Wildman–Crippen LogP) is 3.95. The molecule has 0 bridgehead atoms. The molecule has 3 heterocycles. The van der Waals surface area contributed by atoms with Gasteiger partial charge in [-0.15, -0.1) is 0 Å². The fourth-order valence-corrected chi connectivity index (χ4v) is 3.49. The molecule has 3 aromatic rings. The van der Waals surface area contributed by atoms with Gasteiger partial charge in [0.05, 0.1) is 17.3 Å². The molecular weight excluding hydrogens is 441 g/mol. The normalized spacial score (nSPS) is 14.5. The maximum Gasteiger partial charge on any atom is 0.410 e. The number of aromatic nitrogens is 4. The largest absolute Gasteiger partial charge is 0.473 e. The molecule has 1 saturated heterocycles. The van der Waals surface area contributed by atoms with Crippen molar-refractivity contribution in [1.82, 2.24) is 24.8 Å². The second-order valence-corrected chi connectivity index (χ2v) is 8.81. The number of rotatable bonds is 4. The Bertz CT molecular complexity index is 1250. The summed E-state index contributed by atoms with van der Waals surface area (Å²) in [6.45, 7) is 6.51. The molecule has 1 aromatic carbocycles. The van der Waals surface area contributed by atoms with E-state index < -0.39 is 11.4 Å². The van der Waals surface area contributed by atoms with Crippen molar-refractivity contribution in [2.45, 2.75) is 45.3 Å². The number of fused-ring (bicyclic) bond motifs is 1. The van der Waals surface area contributed by atoms with Gasteiger partial charge in [0, 0.05) is 25.9 Å². The highest BCUT2D eigenvalue weighted by Crippen LogP contribution is 2.29. The SMILES string of the molecule is CC(C)(C)OC(=O)N1CCC(Oc2ncnc3c(Nc4ccc(C#N)cc4F)ncnc23)CC1. The Balaban J connectivity index is 1.48. The van der Waals surface area contributed by atoms with E-state index in [9.17, 15) is 9.18 Å². The molecule has 1 N–H and O–H groups in total. The molecule has 1 aliphatic heterocycles. The Kier molecular flexibility index (Phi) is 6.40. The third-order valence-electron chi connectivity index (χ3n) is 5.11. The van der Waals surface area contributed by atoms with Crippen LogP contribution in [-0.4, -0.2) is 55.7 Å². The Labute approximate surface area is 195 Å². The lowest BCUT2D eigenvalue weighted by atomic mass is 10.1. The summed E-state index contributed by atoms with van der Waals surface area (Å²) in [6, 6.07) is 5.99. The minimum atomic E-state index is -0.590. The fraction of sp³-hybridized carbons (Fsp3) is 0.391. The van der Waals surface area contributed by atoms with E-state index in [1.54, 1.807) is 4.90 Å². The van der Waals surface area contributed by atoms with Crippen molar-refractivity contribution in [2.24, 2.45) is 0 Å². The van der Waals surface area contributed by atoms with E-state index in [1.807, 2.05) is 26.8 Å². The first-order valence-corrected chi connectivity index (χ1v) is 10.8. The van der Waals surface area contributed by atoms with E-state index in [1.165, 1.54) is 24.8 Å². The van der Waals surface area contributed by atoms with Gasteiger partial charge in [-0.25, -0.2) is 24.1 Å². The minimum absolute atomic E-state index is 0.148. The number of benzene rings is 1. The quantitative estimate of drug-likeness (QED) is 0.609. The topological polar surface area (TPSA) is 126 Å². The molecule has 0 saturated carbocycles. The van der Waals surface area contributed by atoms with Crippen molar-refractivity contribution < 1.29 is 18.7 Å². The molecule has 1 fully saturated rings. The summed E-state index contributed by atoms with van der Waals surface area (Å²) < 4.78 is 25.9. The zero-order chi connectivity index (χ0) is 24.3. The van der Waals surface area contributed by atoms with E-state index in [0.29, 0.717) is 37.0 Å². The monoisotopic (exact) mass is 465 g/mol. The van der Waals surface area contributed by atoms with Gasteiger partial charge in [-0.2, -0.15) is 10.2 Å². The van der Waals surface area contributed by atoms with Gasteiger partial charge in [0.15, 0.2) is 11.3 Å². The first-order valence-electron chi connectivity index (χ1n) is 10.8. The van der Waals surface area contributed by atoms with E-state index in [-0.39, 0.29) is 35.1 Å². The van der Waals surface area contributed by atoms with Crippen LogP contribution in [0.4, 0.5) is 20.7 Å². The second-order valence-electron chi connectivity index (χ2n) is 8.81. The maximum atomic E-state index is 14.3. The Morgan fingerprint density at radius 3 is 2.53 bits per heavy atom. The summed E-state index contributed by atoms with van der Waals surface area (Å²) in [5.74, 6) is -0.0276. The third kappa shape index (κ3) is 5.28. The average Bonchev–Trinajstić information content (AvgIpc) is 2.80. The molecule has 0 atom stereocenters. The number of carbonyl (C=O) groups is 1. The van der Waals surface area contributed by atoms with Crippen LogP contribution < -0.4 is 10.1 Å². The van der Waals surface area contributed by atoms with Crippen molar-refractivity contribution in [3.05, 3.63) is 42.2 Å². The van der Waals surface area contributed by atoms with Crippen LogP contribution >= 0.6 is 0 Å². The number of nitriles is 1. The van der Waals surface area contributed by atoms with Crippen molar-refractivity contribution in [3.63, 3.8) is 0 Å². The number of hydrogen-bond donors (Lipinski definition) is 1. The molecule has 1 aliphatic rings. The van der Waals surface area contributed by atoms with E-state index in [2.05, 4.69) is 25.3 Å². The van der Waals surface area contributed by atoms with Crippen LogP contribution in [0.2, 0.25) is 0 Å². The van der Waals surface area contributed by atoms with Crippen LogP contribution in [0.3, 0.4) is 0 Å². The predicted molar refractivity (Wildman–Crippen MR) is 121 cm³/mol. The number of likely N-dealkylation sites (tertiary alicyclic amines) is 1. The highest BCUT2D eigenvalue weighted by Gasteiger charge is 2.28. The van der Waals surface area contributed by atoms with Crippen LogP contribution in [0, 0.1) is 17.1 Å². The summed E-state index contributed by atoms with van der Waals surface area (Å²) in [5, 5.41) is 11.8. The van der Waals surface area contributed by atoms with Crippen LogP contribution in [0.5, 0.6) is 5.88 Å². The van der Waals surface area contributed by atoms with Gasteiger partial charge in [0.25, 0.3) is 0 Å².